The molecule has 0 saturated heterocycles. The SMILES string of the molecule is CCCCCCC(=O)Nc1cc(-c2ccccc2)ccc1O. The minimum absolute atomic E-state index is 0.0448. The summed E-state index contributed by atoms with van der Waals surface area (Å²) in [5, 5.41) is 12.7. The lowest BCUT2D eigenvalue weighted by molar-refractivity contribution is -0.116. The zero-order valence-electron chi connectivity index (χ0n) is 13.0. The van der Waals surface area contributed by atoms with Crippen molar-refractivity contribution in [3.05, 3.63) is 48.5 Å². The van der Waals surface area contributed by atoms with E-state index in [0.717, 1.165) is 36.8 Å². The smallest absolute Gasteiger partial charge is 0.224 e. The zero-order valence-corrected chi connectivity index (χ0v) is 13.0. The van der Waals surface area contributed by atoms with Crippen molar-refractivity contribution < 1.29 is 9.90 Å². The Hall–Kier alpha value is -2.29. The molecule has 2 rings (SSSR count). The van der Waals surface area contributed by atoms with Crippen LogP contribution in [-0.4, -0.2) is 11.0 Å². The van der Waals surface area contributed by atoms with E-state index in [1.54, 1.807) is 6.07 Å². The average molecular weight is 297 g/mol. The Kier molecular flexibility index (Phi) is 6.01. The van der Waals surface area contributed by atoms with Crippen LogP contribution < -0.4 is 5.32 Å². The van der Waals surface area contributed by atoms with Gasteiger partial charge in [0.05, 0.1) is 5.69 Å². The molecule has 3 nitrogen and oxygen atoms in total. The molecular weight excluding hydrogens is 274 g/mol. The summed E-state index contributed by atoms with van der Waals surface area (Å²) >= 11 is 0. The third-order valence-corrected chi connectivity index (χ3v) is 3.64. The number of hydrogen-bond acceptors (Lipinski definition) is 2. The van der Waals surface area contributed by atoms with Crippen LogP contribution in [0.2, 0.25) is 0 Å². The van der Waals surface area contributed by atoms with Crippen molar-refractivity contribution in [2.75, 3.05) is 5.32 Å². The molecule has 0 atom stereocenters. The molecule has 0 aliphatic rings. The van der Waals surface area contributed by atoms with Crippen LogP contribution in [0.4, 0.5) is 5.69 Å². The monoisotopic (exact) mass is 297 g/mol. The highest BCUT2D eigenvalue weighted by Crippen LogP contribution is 2.29. The fourth-order valence-electron chi connectivity index (χ4n) is 2.37. The number of hydrogen-bond donors (Lipinski definition) is 2. The van der Waals surface area contributed by atoms with E-state index in [1.165, 1.54) is 0 Å². The number of phenolic OH excluding ortho intramolecular Hbond substituents is 1. The summed E-state index contributed by atoms with van der Waals surface area (Å²) in [5.74, 6) is 0.0539. The fourth-order valence-corrected chi connectivity index (χ4v) is 2.37. The van der Waals surface area contributed by atoms with Gasteiger partial charge in [-0.25, -0.2) is 0 Å². The first kappa shape index (κ1) is 16.1. The third kappa shape index (κ3) is 4.62. The molecule has 0 heterocycles. The zero-order chi connectivity index (χ0) is 15.8. The van der Waals surface area contributed by atoms with E-state index in [4.69, 9.17) is 0 Å². The lowest BCUT2D eigenvalue weighted by Gasteiger charge is -2.10. The van der Waals surface area contributed by atoms with Crippen molar-refractivity contribution in [2.45, 2.75) is 39.0 Å². The summed E-state index contributed by atoms with van der Waals surface area (Å²) in [6, 6.07) is 15.2. The molecule has 0 unspecified atom stereocenters. The first-order valence-corrected chi connectivity index (χ1v) is 7.89. The van der Waals surface area contributed by atoms with Crippen LogP contribution in [0.5, 0.6) is 5.75 Å². The predicted molar refractivity (Wildman–Crippen MR) is 90.9 cm³/mol. The summed E-state index contributed by atoms with van der Waals surface area (Å²) in [5.41, 5.74) is 2.50. The van der Waals surface area contributed by atoms with Crippen LogP contribution in [-0.2, 0) is 4.79 Å². The molecule has 0 fully saturated rings. The Labute approximate surface area is 132 Å². The highest BCUT2D eigenvalue weighted by atomic mass is 16.3. The second-order valence-electron chi connectivity index (χ2n) is 5.46. The van der Waals surface area contributed by atoms with Gasteiger partial charge in [-0.15, -0.1) is 0 Å². The number of carbonyl (C=O) groups excluding carboxylic acids is 1. The molecular formula is C19H23NO2. The van der Waals surface area contributed by atoms with E-state index < -0.39 is 0 Å². The molecule has 22 heavy (non-hydrogen) atoms. The summed E-state index contributed by atoms with van der Waals surface area (Å²) in [4.78, 5) is 12.0. The number of benzene rings is 2. The second kappa shape index (κ2) is 8.23. The van der Waals surface area contributed by atoms with Gasteiger partial charge in [0.1, 0.15) is 5.75 Å². The molecule has 0 aliphatic carbocycles. The molecule has 3 heteroatoms. The fraction of sp³-hybridized carbons (Fsp3) is 0.316. The van der Waals surface area contributed by atoms with Crippen molar-refractivity contribution in [1.82, 2.24) is 0 Å². The number of phenols is 1. The topological polar surface area (TPSA) is 49.3 Å². The Morgan fingerprint density at radius 1 is 1.00 bits per heavy atom. The molecule has 116 valence electrons. The number of unbranched alkanes of at least 4 members (excludes halogenated alkanes) is 3. The average Bonchev–Trinajstić information content (AvgIpc) is 2.54. The molecule has 2 aromatic carbocycles. The molecule has 0 aliphatic heterocycles. The van der Waals surface area contributed by atoms with E-state index in [0.29, 0.717) is 12.1 Å². The third-order valence-electron chi connectivity index (χ3n) is 3.64. The van der Waals surface area contributed by atoms with Crippen LogP contribution in [0.15, 0.2) is 48.5 Å². The minimum Gasteiger partial charge on any atom is -0.506 e. The second-order valence-corrected chi connectivity index (χ2v) is 5.46. The molecule has 0 radical (unpaired) electrons. The van der Waals surface area contributed by atoms with E-state index in [-0.39, 0.29) is 11.7 Å². The summed E-state index contributed by atoms with van der Waals surface area (Å²) in [7, 11) is 0. The number of amides is 1. The maximum absolute atomic E-state index is 12.0. The number of carbonyl (C=O) groups is 1. The standard InChI is InChI=1S/C19H23NO2/c1-2-3-4-8-11-19(22)20-17-14-16(12-13-18(17)21)15-9-6-5-7-10-15/h5-7,9-10,12-14,21H,2-4,8,11H2,1H3,(H,20,22). The number of nitrogens with one attached hydrogen (secondary N) is 1. The van der Waals surface area contributed by atoms with Gasteiger partial charge in [-0.3, -0.25) is 4.79 Å². The van der Waals surface area contributed by atoms with E-state index in [9.17, 15) is 9.90 Å². The molecule has 0 aromatic heterocycles. The first-order valence-electron chi connectivity index (χ1n) is 7.89. The maximum Gasteiger partial charge on any atom is 0.224 e. The Morgan fingerprint density at radius 2 is 1.77 bits per heavy atom. The molecule has 0 saturated carbocycles. The summed E-state index contributed by atoms with van der Waals surface area (Å²) in [6.45, 7) is 2.15. The normalized spacial score (nSPS) is 10.4. The number of aromatic hydroxyl groups is 1. The first-order chi connectivity index (χ1) is 10.7. The van der Waals surface area contributed by atoms with Crippen LogP contribution in [0.25, 0.3) is 11.1 Å². The van der Waals surface area contributed by atoms with Gasteiger partial charge >= 0.3 is 0 Å². The molecule has 0 spiro atoms. The van der Waals surface area contributed by atoms with Crippen LogP contribution in [0.3, 0.4) is 0 Å². The number of anilines is 1. The largest absolute Gasteiger partial charge is 0.506 e. The molecule has 1 amide bonds. The quantitative estimate of drug-likeness (QED) is 0.560. The van der Waals surface area contributed by atoms with E-state index in [1.807, 2.05) is 42.5 Å². The molecule has 2 aromatic rings. The molecule has 2 N–H and O–H groups in total. The summed E-state index contributed by atoms with van der Waals surface area (Å²) < 4.78 is 0. The van der Waals surface area contributed by atoms with Gasteiger partial charge in [-0.05, 0) is 29.7 Å². The van der Waals surface area contributed by atoms with Gasteiger partial charge in [-0.2, -0.15) is 0 Å². The van der Waals surface area contributed by atoms with E-state index >= 15 is 0 Å². The lowest BCUT2D eigenvalue weighted by atomic mass is 10.0. The van der Waals surface area contributed by atoms with Gasteiger partial charge in [0.2, 0.25) is 5.91 Å². The van der Waals surface area contributed by atoms with Gasteiger partial charge < -0.3 is 10.4 Å². The highest BCUT2D eigenvalue weighted by molar-refractivity contribution is 5.93. The van der Waals surface area contributed by atoms with Crippen LogP contribution in [0.1, 0.15) is 39.0 Å². The van der Waals surface area contributed by atoms with Crippen molar-refractivity contribution in [3.63, 3.8) is 0 Å². The molecule has 0 bridgehead atoms. The van der Waals surface area contributed by atoms with Gasteiger partial charge in [0.15, 0.2) is 0 Å². The highest BCUT2D eigenvalue weighted by Gasteiger charge is 2.08. The number of rotatable bonds is 7. The minimum atomic E-state index is -0.0448. The Balaban J connectivity index is 2.03. The van der Waals surface area contributed by atoms with Crippen molar-refractivity contribution in [3.8, 4) is 16.9 Å². The lowest BCUT2D eigenvalue weighted by Crippen LogP contribution is -2.11. The van der Waals surface area contributed by atoms with Crippen molar-refractivity contribution in [1.29, 1.82) is 0 Å². The Morgan fingerprint density at radius 3 is 2.50 bits per heavy atom. The summed E-state index contributed by atoms with van der Waals surface area (Å²) in [6.07, 6.45) is 4.76. The van der Waals surface area contributed by atoms with Crippen LogP contribution >= 0.6 is 0 Å². The maximum atomic E-state index is 12.0. The van der Waals surface area contributed by atoms with Gasteiger partial charge in [0.25, 0.3) is 0 Å². The van der Waals surface area contributed by atoms with Crippen molar-refractivity contribution in [2.24, 2.45) is 0 Å². The van der Waals surface area contributed by atoms with Crippen LogP contribution in [0, 0.1) is 0 Å². The van der Waals surface area contributed by atoms with E-state index in [2.05, 4.69) is 12.2 Å². The predicted octanol–water partition coefficient (Wildman–Crippen LogP) is 4.97. The van der Waals surface area contributed by atoms with Gasteiger partial charge in [0, 0.05) is 6.42 Å². The Bertz CT molecular complexity index is 608. The van der Waals surface area contributed by atoms with Gasteiger partial charge in [-0.1, -0.05) is 62.6 Å². The van der Waals surface area contributed by atoms with Crippen molar-refractivity contribution >= 4 is 11.6 Å².